The number of hydrogen-bond donors (Lipinski definition) is 0. The number of aryl methyl sites for hydroxylation is 1. The van der Waals surface area contributed by atoms with E-state index in [1.165, 1.54) is 35.0 Å². The van der Waals surface area contributed by atoms with Gasteiger partial charge in [-0.05, 0) is 12.5 Å². The lowest BCUT2D eigenvalue weighted by Crippen LogP contribution is -2.24. The number of thioether (sulfide) groups is 1. The summed E-state index contributed by atoms with van der Waals surface area (Å²) < 4.78 is 0. The molecule has 3 rings (SSSR count). The van der Waals surface area contributed by atoms with Gasteiger partial charge in [0.1, 0.15) is 16.2 Å². The van der Waals surface area contributed by atoms with Crippen molar-refractivity contribution in [2.24, 2.45) is 0 Å². The van der Waals surface area contributed by atoms with Gasteiger partial charge >= 0.3 is 0 Å². The molecule has 1 aromatic carbocycles. The number of aromatic nitrogens is 2. The molecule has 0 spiro atoms. The van der Waals surface area contributed by atoms with Crippen LogP contribution in [0.2, 0.25) is 0 Å². The Bertz CT molecular complexity index is 797. The molecule has 0 N–H and O–H groups in total. The van der Waals surface area contributed by atoms with E-state index >= 15 is 0 Å². The summed E-state index contributed by atoms with van der Waals surface area (Å²) in [5, 5.41) is 14.3. The molecule has 4 nitrogen and oxygen atoms in total. The summed E-state index contributed by atoms with van der Waals surface area (Å²) in [5.41, 5.74) is 3.31. The number of carboxylic acid groups (broad SMARTS) is 1. The lowest BCUT2D eigenvalue weighted by atomic mass is 10.1. The van der Waals surface area contributed by atoms with Crippen molar-refractivity contribution in [3.63, 3.8) is 0 Å². The lowest BCUT2D eigenvalue weighted by Gasteiger charge is -2.06. The summed E-state index contributed by atoms with van der Waals surface area (Å²) in [6, 6.07) is 8.21. The molecule has 0 aliphatic rings. The van der Waals surface area contributed by atoms with Crippen LogP contribution in [0, 0.1) is 6.92 Å². The Labute approximate surface area is 129 Å². The summed E-state index contributed by atoms with van der Waals surface area (Å²) in [6.07, 6.45) is 1.47. The third-order valence-electron chi connectivity index (χ3n) is 3.02. The van der Waals surface area contributed by atoms with Gasteiger partial charge < -0.3 is 9.90 Å². The number of rotatable bonds is 4. The van der Waals surface area contributed by atoms with Gasteiger partial charge in [-0.25, -0.2) is 9.97 Å². The van der Waals surface area contributed by atoms with Gasteiger partial charge in [-0.1, -0.05) is 41.6 Å². The van der Waals surface area contributed by atoms with E-state index in [1.54, 1.807) is 0 Å². The van der Waals surface area contributed by atoms with E-state index in [0.717, 1.165) is 21.3 Å². The van der Waals surface area contributed by atoms with Crippen molar-refractivity contribution >= 4 is 39.3 Å². The molecule has 3 aromatic rings. The van der Waals surface area contributed by atoms with Crippen LogP contribution in [0.25, 0.3) is 21.3 Å². The van der Waals surface area contributed by atoms with E-state index in [-0.39, 0.29) is 5.75 Å². The number of nitrogens with zero attached hydrogens (tertiary/aromatic N) is 2. The van der Waals surface area contributed by atoms with E-state index in [1.807, 2.05) is 12.3 Å². The minimum atomic E-state index is -1.10. The highest BCUT2D eigenvalue weighted by molar-refractivity contribution is 8.00. The molecule has 0 amide bonds. The Hall–Kier alpha value is -1.92. The Kier molecular flexibility index (Phi) is 3.90. The number of hydrogen-bond acceptors (Lipinski definition) is 6. The summed E-state index contributed by atoms with van der Waals surface area (Å²) in [4.78, 5) is 20.0. The lowest BCUT2D eigenvalue weighted by molar-refractivity contribution is -0.301. The molecule has 2 aromatic heterocycles. The van der Waals surface area contributed by atoms with Crippen molar-refractivity contribution in [3.05, 3.63) is 41.5 Å². The average Bonchev–Trinajstić information content (AvgIpc) is 2.90. The zero-order valence-corrected chi connectivity index (χ0v) is 12.8. The fourth-order valence-electron chi connectivity index (χ4n) is 2.03. The molecule has 0 aliphatic carbocycles. The van der Waals surface area contributed by atoms with Crippen LogP contribution in [0.4, 0.5) is 0 Å². The van der Waals surface area contributed by atoms with Gasteiger partial charge in [0.25, 0.3) is 0 Å². The minimum Gasteiger partial charge on any atom is -0.549 e. The zero-order valence-electron chi connectivity index (χ0n) is 11.2. The zero-order chi connectivity index (χ0) is 14.8. The van der Waals surface area contributed by atoms with Gasteiger partial charge in [-0.2, -0.15) is 0 Å². The molecule has 0 atom stereocenters. The van der Waals surface area contributed by atoms with E-state index in [2.05, 4.69) is 34.2 Å². The van der Waals surface area contributed by atoms with Crippen LogP contribution >= 0.6 is 23.1 Å². The Balaban J connectivity index is 2.10. The molecule has 0 saturated heterocycles. The molecule has 6 heteroatoms. The van der Waals surface area contributed by atoms with Crippen molar-refractivity contribution in [1.29, 1.82) is 0 Å². The third-order valence-corrected chi connectivity index (χ3v) is 4.87. The fourth-order valence-corrected chi connectivity index (χ4v) is 3.74. The number of aliphatic carboxylic acids is 1. The predicted octanol–water partition coefficient (Wildman–Crippen LogP) is 2.51. The van der Waals surface area contributed by atoms with Gasteiger partial charge in [0.05, 0.1) is 11.4 Å². The third kappa shape index (κ3) is 2.91. The molecular formula is C15H11N2O2S2-. The van der Waals surface area contributed by atoms with Crippen LogP contribution in [-0.4, -0.2) is 21.7 Å². The topological polar surface area (TPSA) is 65.9 Å². The molecule has 0 fully saturated rings. The van der Waals surface area contributed by atoms with E-state index in [4.69, 9.17) is 0 Å². The maximum absolute atomic E-state index is 10.7. The highest BCUT2D eigenvalue weighted by Crippen LogP contribution is 2.37. The summed E-state index contributed by atoms with van der Waals surface area (Å²) in [7, 11) is 0. The van der Waals surface area contributed by atoms with Crippen LogP contribution in [-0.2, 0) is 4.79 Å². The average molecular weight is 315 g/mol. The summed E-state index contributed by atoms with van der Waals surface area (Å²) in [5.74, 6) is -1.21. The van der Waals surface area contributed by atoms with Crippen LogP contribution in [0.15, 0.2) is 41.0 Å². The highest BCUT2D eigenvalue weighted by atomic mass is 32.2. The molecule has 0 radical (unpaired) electrons. The number of carbonyl (C=O) groups is 1. The second-order valence-corrected chi connectivity index (χ2v) is 6.36. The van der Waals surface area contributed by atoms with E-state index in [0.29, 0.717) is 5.03 Å². The van der Waals surface area contributed by atoms with Crippen molar-refractivity contribution in [3.8, 4) is 11.1 Å². The Morgan fingerprint density at radius 1 is 1.29 bits per heavy atom. The van der Waals surface area contributed by atoms with E-state index < -0.39 is 5.97 Å². The quantitative estimate of drug-likeness (QED) is 0.547. The number of benzene rings is 1. The molecule has 21 heavy (non-hydrogen) atoms. The second-order valence-electron chi connectivity index (χ2n) is 4.54. The van der Waals surface area contributed by atoms with Crippen molar-refractivity contribution in [2.75, 3.05) is 5.75 Å². The van der Waals surface area contributed by atoms with Gasteiger partial charge in [-0.3, -0.25) is 0 Å². The van der Waals surface area contributed by atoms with Crippen LogP contribution in [0.3, 0.4) is 0 Å². The van der Waals surface area contributed by atoms with Crippen molar-refractivity contribution in [1.82, 2.24) is 9.97 Å². The number of fused-ring (bicyclic) bond motifs is 1. The van der Waals surface area contributed by atoms with Gasteiger partial charge in [0, 0.05) is 16.7 Å². The number of thiophene rings is 1. The molecule has 2 heterocycles. The second kappa shape index (κ2) is 5.83. The molecule has 0 bridgehead atoms. The highest BCUT2D eigenvalue weighted by Gasteiger charge is 2.13. The standard InChI is InChI=1S/C15H12N2O2S2/c1-9-2-4-10(5-3-9)11-6-20-14-13(11)15(17-8-16-14)21-7-12(18)19/h2-6,8H,7H2,1H3,(H,18,19)/p-1. The first-order chi connectivity index (χ1) is 10.1. The summed E-state index contributed by atoms with van der Waals surface area (Å²) in [6.45, 7) is 2.04. The first kappa shape index (κ1) is 14.0. The van der Waals surface area contributed by atoms with Crippen LogP contribution in [0.1, 0.15) is 5.56 Å². The molecular weight excluding hydrogens is 304 g/mol. The van der Waals surface area contributed by atoms with Crippen molar-refractivity contribution < 1.29 is 9.90 Å². The monoisotopic (exact) mass is 315 g/mol. The van der Waals surface area contributed by atoms with Crippen LogP contribution < -0.4 is 5.11 Å². The predicted molar refractivity (Wildman–Crippen MR) is 83.3 cm³/mol. The molecule has 0 saturated carbocycles. The fraction of sp³-hybridized carbons (Fsp3) is 0.133. The molecule has 0 aliphatic heterocycles. The Morgan fingerprint density at radius 2 is 2.05 bits per heavy atom. The van der Waals surface area contributed by atoms with Gasteiger partial charge in [-0.15, -0.1) is 11.3 Å². The first-order valence-corrected chi connectivity index (χ1v) is 8.13. The SMILES string of the molecule is Cc1ccc(-c2csc3ncnc(SCC(=O)[O-])c23)cc1. The maximum atomic E-state index is 10.7. The van der Waals surface area contributed by atoms with E-state index in [9.17, 15) is 9.90 Å². The summed E-state index contributed by atoms with van der Waals surface area (Å²) >= 11 is 2.70. The largest absolute Gasteiger partial charge is 0.549 e. The van der Waals surface area contributed by atoms with Crippen LogP contribution in [0.5, 0.6) is 0 Å². The number of carboxylic acids is 1. The Morgan fingerprint density at radius 3 is 2.76 bits per heavy atom. The number of carbonyl (C=O) groups excluding carboxylic acids is 1. The minimum absolute atomic E-state index is 0.116. The normalized spacial score (nSPS) is 10.9. The van der Waals surface area contributed by atoms with Gasteiger partial charge in [0.2, 0.25) is 0 Å². The first-order valence-electron chi connectivity index (χ1n) is 6.27. The molecule has 0 unspecified atom stereocenters. The van der Waals surface area contributed by atoms with Gasteiger partial charge in [0.15, 0.2) is 0 Å². The smallest absolute Gasteiger partial charge is 0.128 e. The molecule has 106 valence electrons. The van der Waals surface area contributed by atoms with Crippen molar-refractivity contribution in [2.45, 2.75) is 11.9 Å². The maximum Gasteiger partial charge on any atom is 0.128 e.